The molecule has 0 bridgehead atoms. The smallest absolute Gasteiger partial charge is 0.253 e. The summed E-state index contributed by atoms with van der Waals surface area (Å²) in [6.07, 6.45) is 3.48. The Morgan fingerprint density at radius 2 is 2.27 bits per heavy atom. The van der Waals surface area contributed by atoms with Gasteiger partial charge in [-0.3, -0.25) is 4.79 Å². The van der Waals surface area contributed by atoms with E-state index in [0.29, 0.717) is 19.2 Å². The first-order valence-corrected chi connectivity index (χ1v) is 5.74. The molecule has 0 aromatic rings. The molecule has 0 aromatic heterocycles. The van der Waals surface area contributed by atoms with Gasteiger partial charge in [-0.15, -0.1) is 0 Å². The largest absolute Gasteiger partial charge is 0.363 e. The summed E-state index contributed by atoms with van der Waals surface area (Å²) in [5.74, 6) is 0.0544. The number of carbonyl (C=O) groups is 1. The van der Waals surface area contributed by atoms with E-state index in [4.69, 9.17) is 4.74 Å². The van der Waals surface area contributed by atoms with Crippen LogP contribution in [-0.2, 0) is 9.53 Å². The number of amides is 1. The van der Waals surface area contributed by atoms with Crippen LogP contribution >= 0.6 is 0 Å². The molecule has 1 saturated carbocycles. The highest BCUT2D eigenvalue weighted by Crippen LogP contribution is 2.21. The van der Waals surface area contributed by atoms with Gasteiger partial charge in [0.1, 0.15) is 0 Å². The summed E-state index contributed by atoms with van der Waals surface area (Å²) >= 11 is 0. The second kappa shape index (κ2) is 4.10. The predicted molar refractivity (Wildman–Crippen MR) is 57.6 cm³/mol. The fraction of sp³-hybridized carbons (Fsp3) is 0.909. The van der Waals surface area contributed by atoms with Crippen molar-refractivity contribution in [2.24, 2.45) is 0 Å². The first-order chi connectivity index (χ1) is 7.10. The third-order valence-electron chi connectivity index (χ3n) is 3.39. The van der Waals surface area contributed by atoms with Crippen molar-refractivity contribution in [1.82, 2.24) is 10.2 Å². The number of morpholine rings is 1. The van der Waals surface area contributed by atoms with E-state index in [1.54, 1.807) is 0 Å². The Bertz CT molecular complexity index is 253. The normalized spacial score (nSPS) is 33.5. The minimum Gasteiger partial charge on any atom is -0.363 e. The fourth-order valence-corrected chi connectivity index (χ4v) is 2.09. The van der Waals surface area contributed by atoms with Gasteiger partial charge in [0.25, 0.3) is 5.91 Å². The molecule has 2 rings (SSSR count). The number of rotatable bonds is 2. The van der Waals surface area contributed by atoms with Gasteiger partial charge in [0, 0.05) is 19.1 Å². The van der Waals surface area contributed by atoms with Crippen molar-refractivity contribution in [3.05, 3.63) is 0 Å². The predicted octanol–water partition coefficient (Wildman–Crippen LogP) is 0.376. The molecule has 1 saturated heterocycles. The van der Waals surface area contributed by atoms with Crippen LogP contribution in [0.25, 0.3) is 0 Å². The molecular weight excluding hydrogens is 192 g/mol. The summed E-state index contributed by atoms with van der Waals surface area (Å²) in [6, 6.07) is 0.394. The molecule has 2 aliphatic rings. The second-order valence-electron chi connectivity index (χ2n) is 4.92. The Morgan fingerprint density at radius 3 is 2.80 bits per heavy atom. The van der Waals surface area contributed by atoms with E-state index in [1.165, 1.54) is 6.42 Å². The van der Waals surface area contributed by atoms with Crippen LogP contribution in [0.3, 0.4) is 0 Å². The van der Waals surface area contributed by atoms with Crippen LogP contribution < -0.4 is 5.32 Å². The van der Waals surface area contributed by atoms with Crippen molar-refractivity contribution in [3.8, 4) is 0 Å². The van der Waals surface area contributed by atoms with Crippen LogP contribution in [0.2, 0.25) is 0 Å². The van der Waals surface area contributed by atoms with E-state index in [-0.39, 0.29) is 5.91 Å². The SMILES string of the molecule is CN1CCO[C@](C)(C(=O)NC2CCC2)C1. The topological polar surface area (TPSA) is 41.6 Å². The standard InChI is InChI=1S/C11H20N2O2/c1-11(8-13(2)6-7-15-11)10(14)12-9-4-3-5-9/h9H,3-8H2,1-2H3,(H,12,14)/t11-/m0/s1. The number of nitrogens with one attached hydrogen (secondary N) is 1. The van der Waals surface area contributed by atoms with E-state index < -0.39 is 5.60 Å². The lowest BCUT2D eigenvalue weighted by Gasteiger charge is -2.39. The Kier molecular flexibility index (Phi) is 2.98. The van der Waals surface area contributed by atoms with Crippen molar-refractivity contribution in [2.45, 2.75) is 37.8 Å². The van der Waals surface area contributed by atoms with E-state index in [0.717, 1.165) is 19.4 Å². The highest BCUT2D eigenvalue weighted by atomic mass is 16.5. The van der Waals surface area contributed by atoms with Gasteiger partial charge < -0.3 is 15.0 Å². The first-order valence-electron chi connectivity index (χ1n) is 5.74. The Balaban J connectivity index is 1.91. The maximum absolute atomic E-state index is 12.0. The average Bonchev–Trinajstić information content (AvgIpc) is 2.10. The molecule has 0 radical (unpaired) electrons. The summed E-state index contributed by atoms with van der Waals surface area (Å²) in [5, 5.41) is 3.06. The second-order valence-corrected chi connectivity index (χ2v) is 4.92. The van der Waals surface area contributed by atoms with Crippen molar-refractivity contribution in [3.63, 3.8) is 0 Å². The molecule has 1 heterocycles. The van der Waals surface area contributed by atoms with Gasteiger partial charge >= 0.3 is 0 Å². The lowest BCUT2D eigenvalue weighted by molar-refractivity contribution is -0.156. The van der Waals surface area contributed by atoms with Gasteiger partial charge in [0.15, 0.2) is 5.60 Å². The van der Waals surface area contributed by atoms with E-state index in [2.05, 4.69) is 10.2 Å². The van der Waals surface area contributed by atoms with Crippen LogP contribution in [0.1, 0.15) is 26.2 Å². The molecular formula is C11H20N2O2. The molecule has 4 heteroatoms. The lowest BCUT2D eigenvalue weighted by atomic mass is 9.92. The van der Waals surface area contributed by atoms with Gasteiger partial charge in [-0.05, 0) is 33.2 Å². The molecule has 0 spiro atoms. The van der Waals surface area contributed by atoms with Crippen molar-refractivity contribution >= 4 is 5.91 Å². The minimum atomic E-state index is -0.650. The highest BCUT2D eigenvalue weighted by Gasteiger charge is 2.39. The number of hydrogen-bond donors (Lipinski definition) is 1. The summed E-state index contributed by atoms with van der Waals surface area (Å²) in [5.41, 5.74) is -0.650. The van der Waals surface area contributed by atoms with Gasteiger partial charge in [-0.1, -0.05) is 0 Å². The third-order valence-corrected chi connectivity index (χ3v) is 3.39. The van der Waals surface area contributed by atoms with Crippen LogP contribution in [0, 0.1) is 0 Å². The van der Waals surface area contributed by atoms with Crippen LogP contribution in [-0.4, -0.2) is 49.2 Å². The van der Waals surface area contributed by atoms with Gasteiger partial charge in [0.2, 0.25) is 0 Å². The summed E-state index contributed by atoms with van der Waals surface area (Å²) in [6.45, 7) is 4.12. The number of likely N-dealkylation sites (N-methyl/N-ethyl adjacent to an activating group) is 1. The van der Waals surface area contributed by atoms with Crippen LogP contribution in [0.4, 0.5) is 0 Å². The molecule has 1 N–H and O–H groups in total. The molecule has 1 atom stereocenters. The Hall–Kier alpha value is -0.610. The zero-order chi connectivity index (χ0) is 10.9. The van der Waals surface area contributed by atoms with Gasteiger partial charge in [-0.2, -0.15) is 0 Å². The lowest BCUT2D eigenvalue weighted by Crippen LogP contribution is -2.59. The zero-order valence-electron chi connectivity index (χ0n) is 9.58. The average molecular weight is 212 g/mol. The molecule has 0 aromatic carbocycles. The number of ether oxygens (including phenoxy) is 1. The van der Waals surface area contributed by atoms with Gasteiger partial charge in [-0.25, -0.2) is 0 Å². The number of nitrogens with zero attached hydrogens (tertiary/aromatic N) is 1. The Labute approximate surface area is 91.0 Å². The maximum Gasteiger partial charge on any atom is 0.253 e. The van der Waals surface area contributed by atoms with Crippen molar-refractivity contribution in [2.75, 3.05) is 26.7 Å². The van der Waals surface area contributed by atoms with Crippen LogP contribution in [0.5, 0.6) is 0 Å². The number of hydrogen-bond acceptors (Lipinski definition) is 3. The molecule has 0 unspecified atom stereocenters. The zero-order valence-corrected chi connectivity index (χ0v) is 9.58. The van der Waals surface area contributed by atoms with Crippen LogP contribution in [0.15, 0.2) is 0 Å². The minimum absolute atomic E-state index is 0.0544. The fourth-order valence-electron chi connectivity index (χ4n) is 2.09. The van der Waals surface area contributed by atoms with Crippen molar-refractivity contribution < 1.29 is 9.53 Å². The molecule has 86 valence electrons. The summed E-state index contributed by atoms with van der Waals surface area (Å²) in [4.78, 5) is 14.1. The molecule has 15 heavy (non-hydrogen) atoms. The van der Waals surface area contributed by atoms with E-state index >= 15 is 0 Å². The first kappa shape index (κ1) is 10.9. The quantitative estimate of drug-likeness (QED) is 0.719. The molecule has 2 fully saturated rings. The number of carbonyl (C=O) groups excluding carboxylic acids is 1. The molecule has 1 amide bonds. The van der Waals surface area contributed by atoms with Crippen molar-refractivity contribution in [1.29, 1.82) is 0 Å². The monoisotopic (exact) mass is 212 g/mol. The molecule has 1 aliphatic carbocycles. The molecule has 4 nitrogen and oxygen atoms in total. The highest BCUT2D eigenvalue weighted by molar-refractivity contribution is 5.85. The Morgan fingerprint density at radius 1 is 1.53 bits per heavy atom. The maximum atomic E-state index is 12.0. The third kappa shape index (κ3) is 2.32. The van der Waals surface area contributed by atoms with E-state index in [9.17, 15) is 4.79 Å². The van der Waals surface area contributed by atoms with E-state index in [1.807, 2.05) is 14.0 Å². The summed E-state index contributed by atoms with van der Waals surface area (Å²) in [7, 11) is 2.03. The summed E-state index contributed by atoms with van der Waals surface area (Å²) < 4.78 is 5.61. The molecule has 1 aliphatic heterocycles. The van der Waals surface area contributed by atoms with Gasteiger partial charge in [0.05, 0.1) is 6.61 Å².